The van der Waals surface area contributed by atoms with Crippen molar-refractivity contribution < 1.29 is 24.2 Å². The molecule has 160 valence electrons. The van der Waals surface area contributed by atoms with Crippen LogP contribution in [0.15, 0.2) is 0 Å². The quantitative estimate of drug-likeness (QED) is 0.368. The standard InChI is InChI=1S/C21H41NO5/c1-17(2)21(4,5)12-16-27-18(3)10-14-26-15-11-19(23)22-13-8-6-7-9-20(24)25/h17-18H,6-16H2,1-5H3,(H,22,23)(H,24,25). The van der Waals surface area contributed by atoms with Gasteiger partial charge in [-0.05, 0) is 43.9 Å². The molecule has 0 heterocycles. The van der Waals surface area contributed by atoms with Gasteiger partial charge in [0.25, 0.3) is 0 Å². The number of ether oxygens (including phenoxy) is 2. The molecular weight excluding hydrogens is 346 g/mol. The van der Waals surface area contributed by atoms with Crippen LogP contribution in [-0.4, -0.2) is 49.5 Å². The molecule has 2 N–H and O–H groups in total. The van der Waals surface area contributed by atoms with Gasteiger partial charge in [0.15, 0.2) is 0 Å². The van der Waals surface area contributed by atoms with Gasteiger partial charge >= 0.3 is 5.97 Å². The summed E-state index contributed by atoms with van der Waals surface area (Å²) in [6.45, 7) is 13.5. The molecule has 6 heteroatoms. The molecule has 0 aromatic carbocycles. The van der Waals surface area contributed by atoms with Gasteiger partial charge in [0.1, 0.15) is 0 Å². The molecule has 0 bridgehead atoms. The summed E-state index contributed by atoms with van der Waals surface area (Å²) in [5, 5.41) is 11.4. The fourth-order valence-electron chi connectivity index (χ4n) is 2.31. The molecule has 1 unspecified atom stereocenters. The van der Waals surface area contributed by atoms with Crippen molar-refractivity contribution in [2.75, 3.05) is 26.4 Å². The zero-order valence-electron chi connectivity index (χ0n) is 18.0. The van der Waals surface area contributed by atoms with Crippen LogP contribution in [0, 0.1) is 11.3 Å². The van der Waals surface area contributed by atoms with Crippen molar-refractivity contribution in [2.24, 2.45) is 11.3 Å². The van der Waals surface area contributed by atoms with E-state index in [0.29, 0.717) is 43.9 Å². The van der Waals surface area contributed by atoms with Crippen molar-refractivity contribution in [3.63, 3.8) is 0 Å². The van der Waals surface area contributed by atoms with Gasteiger partial charge in [0, 0.05) is 32.6 Å². The van der Waals surface area contributed by atoms with Crippen LogP contribution in [0.1, 0.15) is 79.6 Å². The normalized spacial score (nSPS) is 13.0. The van der Waals surface area contributed by atoms with E-state index >= 15 is 0 Å². The fraction of sp³-hybridized carbons (Fsp3) is 0.905. The van der Waals surface area contributed by atoms with E-state index in [-0.39, 0.29) is 18.4 Å². The monoisotopic (exact) mass is 387 g/mol. The van der Waals surface area contributed by atoms with E-state index in [0.717, 1.165) is 32.3 Å². The molecule has 0 aliphatic heterocycles. The summed E-state index contributed by atoms with van der Waals surface area (Å²) in [6.07, 6.45) is 4.86. The number of carbonyl (C=O) groups excluding carboxylic acids is 1. The summed E-state index contributed by atoms with van der Waals surface area (Å²) in [7, 11) is 0. The average Bonchev–Trinajstić information content (AvgIpc) is 2.57. The van der Waals surface area contributed by atoms with Crippen LogP contribution >= 0.6 is 0 Å². The van der Waals surface area contributed by atoms with Gasteiger partial charge < -0.3 is 19.9 Å². The Kier molecular flexibility index (Phi) is 14.2. The molecule has 0 aliphatic rings. The number of nitrogens with one attached hydrogen (secondary N) is 1. The number of carboxylic acids is 1. The van der Waals surface area contributed by atoms with Crippen molar-refractivity contribution in [2.45, 2.75) is 85.7 Å². The summed E-state index contributed by atoms with van der Waals surface area (Å²) >= 11 is 0. The highest BCUT2D eigenvalue weighted by atomic mass is 16.5. The van der Waals surface area contributed by atoms with Crippen LogP contribution in [0.4, 0.5) is 0 Å². The van der Waals surface area contributed by atoms with Gasteiger partial charge in [-0.2, -0.15) is 0 Å². The number of unbranched alkanes of at least 4 members (excludes halogenated alkanes) is 2. The zero-order valence-corrected chi connectivity index (χ0v) is 18.0. The smallest absolute Gasteiger partial charge is 0.303 e. The van der Waals surface area contributed by atoms with E-state index in [4.69, 9.17) is 14.6 Å². The Balaban J connectivity index is 3.51. The number of hydrogen-bond donors (Lipinski definition) is 2. The van der Waals surface area contributed by atoms with Gasteiger partial charge in [-0.3, -0.25) is 9.59 Å². The minimum Gasteiger partial charge on any atom is -0.481 e. The summed E-state index contributed by atoms with van der Waals surface area (Å²) in [5.41, 5.74) is 0.292. The molecule has 6 nitrogen and oxygen atoms in total. The minimum absolute atomic E-state index is 0.0200. The van der Waals surface area contributed by atoms with Crippen LogP contribution in [0.2, 0.25) is 0 Å². The molecular formula is C21H41NO5. The first-order valence-corrected chi connectivity index (χ1v) is 10.3. The van der Waals surface area contributed by atoms with Crippen molar-refractivity contribution in [1.82, 2.24) is 5.32 Å². The Morgan fingerprint density at radius 1 is 1.00 bits per heavy atom. The number of carbonyl (C=O) groups is 2. The second kappa shape index (κ2) is 14.9. The van der Waals surface area contributed by atoms with Crippen molar-refractivity contribution in [3.8, 4) is 0 Å². The number of aliphatic carboxylic acids is 1. The maximum absolute atomic E-state index is 11.7. The lowest BCUT2D eigenvalue weighted by Crippen LogP contribution is -2.25. The Labute approximate surface area is 165 Å². The topological polar surface area (TPSA) is 84.9 Å². The van der Waals surface area contributed by atoms with Crippen molar-refractivity contribution >= 4 is 11.9 Å². The predicted molar refractivity (Wildman–Crippen MR) is 108 cm³/mol. The van der Waals surface area contributed by atoms with Gasteiger partial charge in [0.05, 0.1) is 12.7 Å². The van der Waals surface area contributed by atoms with Gasteiger partial charge in [0.2, 0.25) is 5.91 Å². The van der Waals surface area contributed by atoms with E-state index in [1.807, 2.05) is 0 Å². The summed E-state index contributed by atoms with van der Waals surface area (Å²) in [6, 6.07) is 0. The third kappa shape index (κ3) is 15.6. The predicted octanol–water partition coefficient (Wildman–Crippen LogP) is 4.02. The van der Waals surface area contributed by atoms with Crippen molar-refractivity contribution in [3.05, 3.63) is 0 Å². The van der Waals surface area contributed by atoms with E-state index in [1.54, 1.807) is 0 Å². The van der Waals surface area contributed by atoms with E-state index in [1.165, 1.54) is 0 Å². The van der Waals surface area contributed by atoms with Crippen LogP contribution in [-0.2, 0) is 19.1 Å². The lowest BCUT2D eigenvalue weighted by molar-refractivity contribution is -0.137. The number of carboxylic acid groups (broad SMARTS) is 1. The third-order valence-corrected chi connectivity index (χ3v) is 5.24. The largest absolute Gasteiger partial charge is 0.481 e. The molecule has 0 fully saturated rings. The molecule has 0 aromatic rings. The highest BCUT2D eigenvalue weighted by molar-refractivity contribution is 5.75. The lowest BCUT2D eigenvalue weighted by Gasteiger charge is -2.29. The van der Waals surface area contributed by atoms with Crippen LogP contribution in [0.5, 0.6) is 0 Å². The van der Waals surface area contributed by atoms with Crippen LogP contribution in [0.3, 0.4) is 0 Å². The van der Waals surface area contributed by atoms with E-state index in [2.05, 4.69) is 39.9 Å². The highest BCUT2D eigenvalue weighted by Gasteiger charge is 2.22. The fourth-order valence-corrected chi connectivity index (χ4v) is 2.31. The summed E-state index contributed by atoms with van der Waals surface area (Å²) < 4.78 is 11.4. The molecule has 0 saturated carbocycles. The van der Waals surface area contributed by atoms with Crippen LogP contribution < -0.4 is 5.32 Å². The maximum Gasteiger partial charge on any atom is 0.303 e. The molecule has 1 amide bonds. The highest BCUT2D eigenvalue weighted by Crippen LogP contribution is 2.29. The number of rotatable bonds is 17. The zero-order chi connectivity index (χ0) is 20.7. The summed E-state index contributed by atoms with van der Waals surface area (Å²) in [5.74, 6) is -0.153. The van der Waals surface area contributed by atoms with E-state index < -0.39 is 5.97 Å². The Morgan fingerprint density at radius 2 is 1.70 bits per heavy atom. The van der Waals surface area contributed by atoms with Crippen LogP contribution in [0.25, 0.3) is 0 Å². The maximum atomic E-state index is 11.7. The molecule has 0 saturated heterocycles. The first-order valence-electron chi connectivity index (χ1n) is 10.3. The van der Waals surface area contributed by atoms with Crippen molar-refractivity contribution in [1.29, 1.82) is 0 Å². The van der Waals surface area contributed by atoms with Gasteiger partial charge in [-0.25, -0.2) is 0 Å². The summed E-state index contributed by atoms with van der Waals surface area (Å²) in [4.78, 5) is 22.0. The number of amides is 1. The Bertz CT molecular complexity index is 409. The lowest BCUT2D eigenvalue weighted by atomic mass is 9.79. The molecule has 1 atom stereocenters. The Morgan fingerprint density at radius 3 is 2.33 bits per heavy atom. The van der Waals surface area contributed by atoms with E-state index in [9.17, 15) is 9.59 Å². The molecule has 0 aliphatic carbocycles. The second-order valence-corrected chi connectivity index (χ2v) is 8.28. The average molecular weight is 388 g/mol. The molecule has 27 heavy (non-hydrogen) atoms. The molecule has 0 radical (unpaired) electrons. The first kappa shape index (κ1) is 25.9. The minimum atomic E-state index is -0.768. The Hall–Kier alpha value is -1.14. The first-order chi connectivity index (χ1) is 12.6. The van der Waals surface area contributed by atoms with Gasteiger partial charge in [-0.15, -0.1) is 0 Å². The SMILES string of the molecule is CC(CCOCCC(=O)NCCCCCC(=O)O)OCCC(C)(C)C(C)C. The third-order valence-electron chi connectivity index (χ3n) is 5.24. The molecule has 0 aromatic heterocycles. The molecule has 0 spiro atoms. The second-order valence-electron chi connectivity index (χ2n) is 8.28. The van der Waals surface area contributed by atoms with Gasteiger partial charge in [-0.1, -0.05) is 34.1 Å². The molecule has 0 rings (SSSR count). The number of hydrogen-bond acceptors (Lipinski definition) is 4.